The molecule has 3 heterocycles. The molecule has 0 aromatic carbocycles. The molecule has 0 aliphatic carbocycles. The van der Waals surface area contributed by atoms with Crippen molar-refractivity contribution < 1.29 is 18.0 Å². The highest BCUT2D eigenvalue weighted by atomic mass is 19.4. The van der Waals surface area contributed by atoms with Gasteiger partial charge in [0, 0.05) is 25.5 Å². The summed E-state index contributed by atoms with van der Waals surface area (Å²) < 4.78 is 39.3. The number of carbonyl (C=O) groups excluding carboxylic acids is 1. The third-order valence-electron chi connectivity index (χ3n) is 6.23. The van der Waals surface area contributed by atoms with Gasteiger partial charge in [-0.1, -0.05) is 36.8 Å². The standard InChI is InChI=1S/C27H28F3N5O/c1-3-6-20(8-9-21(4-2)27(28,29)30)17-26(18-31)11-15-35(16-12-26)25(36)22-7-5-13-33-24(22)23-10-14-32-19-34-23/h4-10,13-14,19H,3,11-12,15-17H2,1-2H3/b9-8-,20-6-,21-4+. The Labute approximate surface area is 208 Å². The summed E-state index contributed by atoms with van der Waals surface area (Å²) in [5, 5.41) is 10.0. The zero-order valence-corrected chi connectivity index (χ0v) is 20.3. The Morgan fingerprint density at radius 2 is 1.94 bits per heavy atom. The second-order valence-corrected chi connectivity index (χ2v) is 8.62. The molecule has 0 spiro atoms. The molecule has 1 saturated heterocycles. The van der Waals surface area contributed by atoms with E-state index in [0.717, 1.165) is 12.2 Å². The summed E-state index contributed by atoms with van der Waals surface area (Å²) in [4.78, 5) is 27.5. The van der Waals surface area contributed by atoms with Crippen molar-refractivity contribution >= 4 is 5.91 Å². The zero-order chi connectivity index (χ0) is 26.2. The van der Waals surface area contributed by atoms with Crippen LogP contribution in [-0.4, -0.2) is 45.0 Å². The molecule has 188 valence electrons. The molecule has 0 atom stereocenters. The van der Waals surface area contributed by atoms with Crippen LogP contribution in [0.25, 0.3) is 11.4 Å². The summed E-state index contributed by atoms with van der Waals surface area (Å²) in [7, 11) is 0. The quantitative estimate of drug-likeness (QED) is 0.435. The highest BCUT2D eigenvalue weighted by Gasteiger charge is 2.37. The van der Waals surface area contributed by atoms with E-state index in [1.165, 1.54) is 19.3 Å². The van der Waals surface area contributed by atoms with Gasteiger partial charge in [-0.15, -0.1) is 0 Å². The van der Waals surface area contributed by atoms with Crippen molar-refractivity contribution in [3.8, 4) is 17.5 Å². The van der Waals surface area contributed by atoms with Crippen LogP contribution in [0.15, 0.2) is 72.4 Å². The minimum atomic E-state index is -4.43. The fourth-order valence-electron chi connectivity index (χ4n) is 4.25. The van der Waals surface area contributed by atoms with E-state index in [-0.39, 0.29) is 5.91 Å². The lowest BCUT2D eigenvalue weighted by molar-refractivity contribution is -0.0883. The number of piperidine rings is 1. The predicted molar refractivity (Wildman–Crippen MR) is 130 cm³/mol. The molecule has 0 radical (unpaired) electrons. The van der Waals surface area contributed by atoms with Gasteiger partial charge in [0.15, 0.2) is 0 Å². The number of nitriles is 1. The molecule has 0 bridgehead atoms. The first-order valence-electron chi connectivity index (χ1n) is 11.8. The summed E-state index contributed by atoms with van der Waals surface area (Å²) in [6, 6.07) is 7.47. The summed E-state index contributed by atoms with van der Waals surface area (Å²) in [6.07, 6.45) is 7.32. The Bertz CT molecular complexity index is 1190. The van der Waals surface area contributed by atoms with Crippen LogP contribution in [0.1, 0.15) is 49.9 Å². The first-order valence-corrected chi connectivity index (χ1v) is 11.8. The Kier molecular flexibility index (Phi) is 8.75. The number of carbonyl (C=O) groups is 1. The molecular formula is C27H28F3N5O. The summed E-state index contributed by atoms with van der Waals surface area (Å²) in [6.45, 7) is 3.96. The molecule has 1 aliphatic heterocycles. The Morgan fingerprint density at radius 1 is 1.19 bits per heavy atom. The number of hydrogen-bond donors (Lipinski definition) is 0. The van der Waals surface area contributed by atoms with Crippen LogP contribution in [0.5, 0.6) is 0 Å². The lowest BCUT2D eigenvalue weighted by Gasteiger charge is -2.37. The van der Waals surface area contributed by atoms with Gasteiger partial charge >= 0.3 is 6.18 Å². The summed E-state index contributed by atoms with van der Waals surface area (Å²) in [5.74, 6) is -0.199. The van der Waals surface area contributed by atoms with Gasteiger partial charge in [0.25, 0.3) is 5.91 Å². The van der Waals surface area contributed by atoms with E-state index in [0.29, 0.717) is 61.3 Å². The van der Waals surface area contributed by atoms with E-state index < -0.39 is 17.2 Å². The minimum absolute atomic E-state index is 0.199. The number of alkyl halides is 3. The van der Waals surface area contributed by atoms with Crippen molar-refractivity contribution in [3.05, 3.63) is 77.9 Å². The minimum Gasteiger partial charge on any atom is -0.338 e. The van der Waals surface area contributed by atoms with Gasteiger partial charge in [0.2, 0.25) is 0 Å². The molecule has 1 amide bonds. The third-order valence-corrected chi connectivity index (χ3v) is 6.23. The van der Waals surface area contributed by atoms with Gasteiger partial charge in [-0.05, 0) is 50.8 Å². The lowest BCUT2D eigenvalue weighted by atomic mass is 9.74. The van der Waals surface area contributed by atoms with E-state index in [1.54, 1.807) is 35.5 Å². The summed E-state index contributed by atoms with van der Waals surface area (Å²) >= 11 is 0. The number of halogens is 3. The highest BCUT2D eigenvalue weighted by Crippen LogP contribution is 2.38. The van der Waals surface area contributed by atoms with Gasteiger partial charge in [0.1, 0.15) is 12.0 Å². The number of likely N-dealkylation sites (tertiary alicyclic amines) is 1. The van der Waals surface area contributed by atoms with Crippen LogP contribution >= 0.6 is 0 Å². The van der Waals surface area contributed by atoms with E-state index in [4.69, 9.17) is 0 Å². The number of allylic oxidation sites excluding steroid dienone is 6. The van der Waals surface area contributed by atoms with Crippen LogP contribution in [0, 0.1) is 16.7 Å². The zero-order valence-electron chi connectivity index (χ0n) is 20.3. The van der Waals surface area contributed by atoms with Crippen molar-refractivity contribution in [2.45, 2.75) is 45.7 Å². The second-order valence-electron chi connectivity index (χ2n) is 8.62. The molecule has 9 heteroatoms. The fourth-order valence-corrected chi connectivity index (χ4v) is 4.25. The van der Waals surface area contributed by atoms with Crippen molar-refractivity contribution in [2.24, 2.45) is 5.41 Å². The van der Waals surface area contributed by atoms with E-state index in [9.17, 15) is 23.2 Å². The molecular weight excluding hydrogens is 467 g/mol. The Balaban J connectivity index is 1.75. The van der Waals surface area contributed by atoms with Gasteiger partial charge in [-0.25, -0.2) is 9.97 Å². The van der Waals surface area contributed by atoms with Crippen molar-refractivity contribution in [3.63, 3.8) is 0 Å². The van der Waals surface area contributed by atoms with Crippen LogP contribution < -0.4 is 0 Å². The smallest absolute Gasteiger partial charge is 0.338 e. The molecule has 6 nitrogen and oxygen atoms in total. The van der Waals surface area contributed by atoms with Crippen molar-refractivity contribution in [2.75, 3.05) is 13.1 Å². The Hall–Kier alpha value is -3.80. The molecule has 0 unspecified atom stereocenters. The highest BCUT2D eigenvalue weighted by molar-refractivity contribution is 5.99. The van der Waals surface area contributed by atoms with Gasteiger partial charge < -0.3 is 4.90 Å². The first kappa shape index (κ1) is 26.8. The lowest BCUT2D eigenvalue weighted by Crippen LogP contribution is -2.43. The van der Waals surface area contributed by atoms with E-state index in [2.05, 4.69) is 21.0 Å². The predicted octanol–water partition coefficient (Wildman–Crippen LogP) is 6.08. The van der Waals surface area contributed by atoms with Crippen LogP contribution in [-0.2, 0) is 0 Å². The van der Waals surface area contributed by atoms with Crippen LogP contribution in [0.2, 0.25) is 0 Å². The average molecular weight is 496 g/mol. The molecule has 3 rings (SSSR count). The molecule has 36 heavy (non-hydrogen) atoms. The number of aromatic nitrogens is 3. The molecule has 0 saturated carbocycles. The van der Waals surface area contributed by atoms with E-state index >= 15 is 0 Å². The van der Waals surface area contributed by atoms with E-state index in [1.807, 2.05) is 13.0 Å². The number of pyridine rings is 1. The maximum absolute atomic E-state index is 13.3. The maximum atomic E-state index is 13.3. The molecule has 2 aromatic heterocycles. The van der Waals surface area contributed by atoms with Gasteiger partial charge in [-0.2, -0.15) is 18.4 Å². The van der Waals surface area contributed by atoms with Crippen LogP contribution in [0.4, 0.5) is 13.2 Å². The molecule has 1 aliphatic rings. The number of hydrogen-bond acceptors (Lipinski definition) is 5. The van der Waals surface area contributed by atoms with Gasteiger partial charge in [-0.3, -0.25) is 9.78 Å². The van der Waals surface area contributed by atoms with Crippen molar-refractivity contribution in [1.29, 1.82) is 5.26 Å². The Morgan fingerprint density at radius 3 is 2.53 bits per heavy atom. The van der Waals surface area contributed by atoms with Crippen molar-refractivity contribution in [1.82, 2.24) is 19.9 Å². The number of amides is 1. The molecule has 1 fully saturated rings. The number of nitrogens with zero attached hydrogens (tertiary/aromatic N) is 5. The maximum Gasteiger partial charge on any atom is 0.416 e. The van der Waals surface area contributed by atoms with Crippen LogP contribution in [0.3, 0.4) is 0 Å². The molecule has 2 aromatic rings. The first-order chi connectivity index (χ1) is 17.2. The summed E-state index contributed by atoms with van der Waals surface area (Å²) in [5.41, 5.74) is 0.609. The SMILES string of the molecule is C\C=C(/C=C\C(=C\CC)CC1(C#N)CCN(C(=O)c2cccnc2-c2ccncn2)CC1)C(F)(F)F. The monoisotopic (exact) mass is 495 g/mol. The average Bonchev–Trinajstić information content (AvgIpc) is 2.89. The fraction of sp³-hybridized carbons (Fsp3) is 0.370. The second kappa shape index (κ2) is 11.8. The third kappa shape index (κ3) is 6.45. The molecule has 0 N–H and O–H groups in total. The normalized spacial score (nSPS) is 16.7. The largest absolute Gasteiger partial charge is 0.416 e. The van der Waals surface area contributed by atoms with Gasteiger partial charge in [0.05, 0.1) is 28.3 Å². The number of rotatable bonds is 7. The topological polar surface area (TPSA) is 82.8 Å².